The van der Waals surface area contributed by atoms with E-state index in [1.807, 2.05) is 0 Å². The Morgan fingerprint density at radius 3 is 2.25 bits per heavy atom. The first kappa shape index (κ1) is 12.1. The lowest BCUT2D eigenvalue weighted by Gasteiger charge is -2.06. The Labute approximate surface area is 93.7 Å². The van der Waals surface area contributed by atoms with Crippen LogP contribution in [0.1, 0.15) is 23.5 Å². The van der Waals surface area contributed by atoms with E-state index in [0.29, 0.717) is 12.3 Å². The van der Waals surface area contributed by atoms with Gasteiger partial charge in [0.25, 0.3) is 0 Å². The summed E-state index contributed by atoms with van der Waals surface area (Å²) in [5.41, 5.74) is 2.53. The maximum Gasteiger partial charge on any atom is 0.373 e. The van der Waals surface area contributed by atoms with E-state index in [9.17, 15) is 4.79 Å². The number of aryl methyl sites for hydroxylation is 1. The molecule has 84 valence electrons. The average Bonchev–Trinajstić information content (AvgIpc) is 2.67. The molecule has 0 aliphatic carbocycles. The quantitative estimate of drug-likeness (QED) is 0.766. The molecule has 4 heteroatoms. The summed E-state index contributed by atoms with van der Waals surface area (Å²) < 4.78 is 0. The summed E-state index contributed by atoms with van der Waals surface area (Å²) in [5.74, 6) is 0.554. The minimum atomic E-state index is 0.172. The highest BCUT2D eigenvalue weighted by Gasteiger charge is 2.22. The van der Waals surface area contributed by atoms with Gasteiger partial charge in [0.15, 0.2) is 0 Å². The molecule has 0 bridgehead atoms. The summed E-state index contributed by atoms with van der Waals surface area (Å²) in [7, 11) is 0. The van der Waals surface area contributed by atoms with Crippen LogP contribution in [-0.4, -0.2) is 18.6 Å². The standard InChI is InChI=1S/C11H13NO.CO2/c1-8-2-4-9(5-3-8)10-6-11(13)12-7-10;2-1-3/h2-5,10H,6-7H2,1H3,(H,12,13);/t10-;/m1./s1. The third-order valence-corrected chi connectivity index (χ3v) is 2.53. The van der Waals surface area contributed by atoms with E-state index in [4.69, 9.17) is 9.59 Å². The summed E-state index contributed by atoms with van der Waals surface area (Å²) in [4.78, 5) is 27.2. The number of carbonyl (C=O) groups is 1. The molecule has 16 heavy (non-hydrogen) atoms. The molecule has 1 saturated heterocycles. The molecule has 0 spiro atoms. The molecule has 2 rings (SSSR count). The zero-order valence-electron chi connectivity index (χ0n) is 9.03. The number of rotatable bonds is 1. The summed E-state index contributed by atoms with van der Waals surface area (Å²) in [6.07, 6.45) is 0.892. The minimum Gasteiger partial charge on any atom is -0.355 e. The lowest BCUT2D eigenvalue weighted by atomic mass is 9.97. The Morgan fingerprint density at radius 1 is 1.25 bits per heavy atom. The van der Waals surface area contributed by atoms with Gasteiger partial charge in [0.1, 0.15) is 0 Å². The van der Waals surface area contributed by atoms with Gasteiger partial charge in [-0.15, -0.1) is 0 Å². The molecule has 1 heterocycles. The van der Waals surface area contributed by atoms with Gasteiger partial charge in [-0.2, -0.15) is 9.59 Å². The van der Waals surface area contributed by atoms with Crippen LogP contribution in [0.4, 0.5) is 0 Å². The Kier molecular flexibility index (Phi) is 4.42. The molecule has 0 unspecified atom stereocenters. The van der Waals surface area contributed by atoms with Crippen LogP contribution in [0.3, 0.4) is 0 Å². The van der Waals surface area contributed by atoms with Gasteiger partial charge < -0.3 is 5.32 Å². The van der Waals surface area contributed by atoms with Crippen LogP contribution < -0.4 is 5.32 Å². The highest BCUT2D eigenvalue weighted by Crippen LogP contribution is 2.22. The first-order valence-corrected chi connectivity index (χ1v) is 5.00. The number of amides is 1. The number of hydrogen-bond acceptors (Lipinski definition) is 3. The van der Waals surface area contributed by atoms with Gasteiger partial charge in [-0.25, -0.2) is 0 Å². The van der Waals surface area contributed by atoms with Gasteiger partial charge in [0.05, 0.1) is 0 Å². The van der Waals surface area contributed by atoms with Crippen molar-refractivity contribution >= 4 is 12.1 Å². The normalized spacial score (nSPS) is 18.1. The van der Waals surface area contributed by atoms with Crippen LogP contribution in [0.15, 0.2) is 24.3 Å². The van der Waals surface area contributed by atoms with Crippen molar-refractivity contribution in [3.63, 3.8) is 0 Å². The van der Waals surface area contributed by atoms with Crippen molar-refractivity contribution in [1.29, 1.82) is 0 Å². The largest absolute Gasteiger partial charge is 0.373 e. The fourth-order valence-corrected chi connectivity index (χ4v) is 1.68. The number of nitrogens with one attached hydrogen (secondary N) is 1. The van der Waals surface area contributed by atoms with Gasteiger partial charge in [0.2, 0.25) is 5.91 Å². The maximum absolute atomic E-state index is 11.0. The summed E-state index contributed by atoms with van der Waals surface area (Å²) in [6.45, 7) is 2.86. The zero-order valence-corrected chi connectivity index (χ0v) is 9.03. The predicted octanol–water partition coefficient (Wildman–Crippen LogP) is 1.02. The minimum absolute atomic E-state index is 0.172. The van der Waals surface area contributed by atoms with E-state index >= 15 is 0 Å². The fourth-order valence-electron chi connectivity index (χ4n) is 1.68. The van der Waals surface area contributed by atoms with E-state index in [0.717, 1.165) is 6.54 Å². The van der Waals surface area contributed by atoms with E-state index in [1.165, 1.54) is 11.1 Å². The summed E-state index contributed by atoms with van der Waals surface area (Å²) >= 11 is 0. The fraction of sp³-hybridized carbons (Fsp3) is 0.333. The van der Waals surface area contributed by atoms with Crippen molar-refractivity contribution in [2.75, 3.05) is 6.54 Å². The lowest BCUT2D eigenvalue weighted by Crippen LogP contribution is -2.13. The van der Waals surface area contributed by atoms with Gasteiger partial charge in [-0.05, 0) is 12.5 Å². The second-order valence-electron chi connectivity index (χ2n) is 3.70. The predicted molar refractivity (Wildman–Crippen MR) is 56.6 cm³/mol. The molecule has 1 fully saturated rings. The lowest BCUT2D eigenvalue weighted by molar-refractivity contribution is -0.191. The van der Waals surface area contributed by atoms with Crippen molar-refractivity contribution < 1.29 is 14.4 Å². The van der Waals surface area contributed by atoms with E-state index < -0.39 is 0 Å². The van der Waals surface area contributed by atoms with Crippen LogP contribution >= 0.6 is 0 Å². The first-order valence-electron chi connectivity index (χ1n) is 5.00. The highest BCUT2D eigenvalue weighted by molar-refractivity contribution is 5.79. The van der Waals surface area contributed by atoms with Gasteiger partial charge in [-0.1, -0.05) is 29.8 Å². The number of hydrogen-bond donors (Lipinski definition) is 1. The SMILES string of the molecule is Cc1ccc([C@H]2CNC(=O)C2)cc1.O=C=O. The molecular formula is C12H13NO3. The van der Waals surface area contributed by atoms with Crippen molar-refractivity contribution in [1.82, 2.24) is 5.32 Å². The Bertz CT molecular complexity index is 391. The molecule has 1 aromatic rings. The maximum atomic E-state index is 11.0. The monoisotopic (exact) mass is 219 g/mol. The molecule has 1 N–H and O–H groups in total. The van der Waals surface area contributed by atoms with E-state index in [2.05, 4.69) is 36.5 Å². The number of benzene rings is 1. The van der Waals surface area contributed by atoms with Gasteiger partial charge in [-0.3, -0.25) is 4.79 Å². The van der Waals surface area contributed by atoms with Crippen LogP contribution in [-0.2, 0) is 14.4 Å². The van der Waals surface area contributed by atoms with Gasteiger partial charge in [0, 0.05) is 18.9 Å². The van der Waals surface area contributed by atoms with Crippen LogP contribution in [0.2, 0.25) is 0 Å². The molecule has 1 aromatic carbocycles. The van der Waals surface area contributed by atoms with Crippen molar-refractivity contribution in [2.24, 2.45) is 0 Å². The van der Waals surface area contributed by atoms with Crippen molar-refractivity contribution in [3.05, 3.63) is 35.4 Å². The first-order chi connectivity index (χ1) is 7.67. The molecular weight excluding hydrogens is 206 g/mol. The van der Waals surface area contributed by atoms with E-state index in [-0.39, 0.29) is 12.1 Å². The summed E-state index contributed by atoms with van der Waals surface area (Å²) in [5, 5.41) is 2.84. The Balaban J connectivity index is 0.000000386. The molecule has 1 atom stereocenters. The summed E-state index contributed by atoms with van der Waals surface area (Å²) in [6, 6.07) is 8.41. The average molecular weight is 219 g/mol. The Hall–Kier alpha value is -1.93. The van der Waals surface area contributed by atoms with Crippen molar-refractivity contribution in [3.8, 4) is 0 Å². The van der Waals surface area contributed by atoms with Crippen LogP contribution in [0.25, 0.3) is 0 Å². The molecule has 0 aromatic heterocycles. The highest BCUT2D eigenvalue weighted by atomic mass is 16.2. The molecule has 1 aliphatic heterocycles. The second-order valence-corrected chi connectivity index (χ2v) is 3.70. The van der Waals surface area contributed by atoms with Crippen LogP contribution in [0, 0.1) is 6.92 Å². The Morgan fingerprint density at radius 2 is 1.81 bits per heavy atom. The topological polar surface area (TPSA) is 63.2 Å². The van der Waals surface area contributed by atoms with Crippen molar-refractivity contribution in [2.45, 2.75) is 19.3 Å². The van der Waals surface area contributed by atoms with E-state index in [1.54, 1.807) is 0 Å². The molecule has 1 aliphatic rings. The third kappa shape index (κ3) is 3.33. The number of carbonyl (C=O) groups excluding carboxylic acids is 3. The second kappa shape index (κ2) is 5.83. The van der Waals surface area contributed by atoms with Gasteiger partial charge >= 0.3 is 6.15 Å². The third-order valence-electron chi connectivity index (χ3n) is 2.53. The molecule has 4 nitrogen and oxygen atoms in total. The molecule has 1 amide bonds. The smallest absolute Gasteiger partial charge is 0.355 e. The zero-order chi connectivity index (χ0) is 12.0. The molecule has 0 radical (unpaired) electrons. The molecule has 0 saturated carbocycles. The van der Waals surface area contributed by atoms with Crippen LogP contribution in [0.5, 0.6) is 0 Å².